The lowest BCUT2D eigenvalue weighted by molar-refractivity contribution is 0.0920. The van der Waals surface area contributed by atoms with Gasteiger partial charge in [0, 0.05) is 23.5 Å². The summed E-state index contributed by atoms with van der Waals surface area (Å²) in [5.41, 5.74) is 12.7. The number of likely N-dealkylation sites (N-methyl/N-ethyl adjacent to an activating group) is 1. The lowest BCUT2D eigenvalue weighted by Gasteiger charge is -2.32. The fourth-order valence-electron chi connectivity index (χ4n) is 1.34. The van der Waals surface area contributed by atoms with Crippen LogP contribution >= 0.6 is 0 Å². The van der Waals surface area contributed by atoms with E-state index in [1.54, 1.807) is 18.2 Å². The van der Waals surface area contributed by atoms with Crippen LogP contribution in [-0.4, -0.2) is 37.0 Å². The number of carbonyl (C=O) groups is 1. The molecule has 0 fully saturated rings. The summed E-state index contributed by atoms with van der Waals surface area (Å²) in [5.74, 6) is -0.178. The summed E-state index contributed by atoms with van der Waals surface area (Å²) in [7, 11) is 3.95. The molecule has 5 N–H and O–H groups in total. The summed E-state index contributed by atoms with van der Waals surface area (Å²) >= 11 is 0. The molecule has 5 heteroatoms. The van der Waals surface area contributed by atoms with Gasteiger partial charge in [0.05, 0.1) is 5.56 Å². The van der Waals surface area contributed by atoms with Gasteiger partial charge in [-0.05, 0) is 46.1 Å². The number of anilines is 2. The van der Waals surface area contributed by atoms with Gasteiger partial charge in [-0.15, -0.1) is 0 Å². The number of nitrogens with two attached hydrogens (primary N) is 2. The van der Waals surface area contributed by atoms with Crippen LogP contribution in [0.15, 0.2) is 18.2 Å². The van der Waals surface area contributed by atoms with Gasteiger partial charge in [-0.3, -0.25) is 4.79 Å². The number of rotatable bonds is 4. The van der Waals surface area contributed by atoms with Crippen LogP contribution in [0.3, 0.4) is 0 Å². The SMILES string of the molecule is CN(C)C(C)(C)CNC(=O)c1ccc(N)cc1N. The second-order valence-electron chi connectivity index (χ2n) is 5.24. The van der Waals surface area contributed by atoms with Gasteiger partial charge in [0.15, 0.2) is 0 Å². The van der Waals surface area contributed by atoms with E-state index in [4.69, 9.17) is 11.5 Å². The summed E-state index contributed by atoms with van der Waals surface area (Å²) in [6.07, 6.45) is 0. The molecule has 1 amide bonds. The number of nitrogens with one attached hydrogen (secondary N) is 1. The zero-order valence-corrected chi connectivity index (χ0v) is 11.4. The largest absolute Gasteiger partial charge is 0.399 e. The average Bonchev–Trinajstić information content (AvgIpc) is 2.25. The Balaban J connectivity index is 2.72. The smallest absolute Gasteiger partial charge is 0.253 e. The molecule has 0 saturated carbocycles. The minimum absolute atomic E-state index is 0.113. The monoisotopic (exact) mass is 250 g/mol. The maximum absolute atomic E-state index is 12.0. The lowest BCUT2D eigenvalue weighted by Crippen LogP contribution is -2.48. The van der Waals surface area contributed by atoms with E-state index in [9.17, 15) is 4.79 Å². The molecular formula is C13H22N4O. The van der Waals surface area contributed by atoms with E-state index in [1.165, 1.54) is 0 Å². The van der Waals surface area contributed by atoms with Crippen molar-refractivity contribution in [3.05, 3.63) is 23.8 Å². The van der Waals surface area contributed by atoms with Crippen molar-refractivity contribution in [1.29, 1.82) is 0 Å². The Morgan fingerprint density at radius 1 is 1.33 bits per heavy atom. The number of carbonyl (C=O) groups excluding carboxylic acids is 1. The van der Waals surface area contributed by atoms with Crippen molar-refractivity contribution in [3.8, 4) is 0 Å². The van der Waals surface area contributed by atoms with E-state index in [0.29, 0.717) is 23.5 Å². The topological polar surface area (TPSA) is 84.4 Å². The van der Waals surface area contributed by atoms with Crippen molar-refractivity contribution in [1.82, 2.24) is 10.2 Å². The molecule has 0 aliphatic rings. The maximum atomic E-state index is 12.0. The van der Waals surface area contributed by atoms with Gasteiger partial charge >= 0.3 is 0 Å². The molecule has 1 aromatic rings. The van der Waals surface area contributed by atoms with Gasteiger partial charge in [0.25, 0.3) is 5.91 Å². The van der Waals surface area contributed by atoms with Crippen LogP contribution in [0.2, 0.25) is 0 Å². The van der Waals surface area contributed by atoms with Crippen LogP contribution in [0.5, 0.6) is 0 Å². The van der Waals surface area contributed by atoms with E-state index in [-0.39, 0.29) is 11.4 Å². The van der Waals surface area contributed by atoms with E-state index < -0.39 is 0 Å². The van der Waals surface area contributed by atoms with Crippen LogP contribution < -0.4 is 16.8 Å². The van der Waals surface area contributed by atoms with Gasteiger partial charge < -0.3 is 21.7 Å². The molecule has 0 bridgehead atoms. The van der Waals surface area contributed by atoms with Gasteiger partial charge in [-0.1, -0.05) is 0 Å². The number of benzene rings is 1. The molecule has 0 aliphatic carbocycles. The minimum atomic E-state index is -0.178. The Bertz CT molecular complexity index is 441. The van der Waals surface area contributed by atoms with E-state index in [1.807, 2.05) is 14.1 Å². The third kappa shape index (κ3) is 3.37. The Morgan fingerprint density at radius 3 is 2.44 bits per heavy atom. The van der Waals surface area contributed by atoms with Crippen LogP contribution in [-0.2, 0) is 0 Å². The second-order valence-corrected chi connectivity index (χ2v) is 5.24. The van der Waals surface area contributed by atoms with E-state index in [0.717, 1.165) is 0 Å². The Morgan fingerprint density at radius 2 is 1.94 bits per heavy atom. The molecule has 0 aliphatic heterocycles. The highest BCUT2D eigenvalue weighted by molar-refractivity contribution is 5.99. The molecule has 18 heavy (non-hydrogen) atoms. The molecule has 1 rings (SSSR count). The Labute approximate surface area is 108 Å². The lowest BCUT2D eigenvalue weighted by atomic mass is 10.0. The zero-order valence-electron chi connectivity index (χ0n) is 11.4. The molecule has 0 radical (unpaired) electrons. The third-order valence-corrected chi connectivity index (χ3v) is 3.21. The summed E-state index contributed by atoms with van der Waals surface area (Å²) in [5, 5.41) is 2.88. The van der Waals surface area contributed by atoms with Crippen molar-refractivity contribution in [2.75, 3.05) is 32.1 Å². The first-order valence-corrected chi connectivity index (χ1v) is 5.84. The highest BCUT2D eigenvalue weighted by atomic mass is 16.1. The number of hydrogen-bond donors (Lipinski definition) is 3. The van der Waals surface area contributed by atoms with Crippen LogP contribution in [0.1, 0.15) is 24.2 Å². The standard InChI is InChI=1S/C13H22N4O/c1-13(2,17(3)4)8-16-12(18)10-6-5-9(14)7-11(10)15/h5-7H,8,14-15H2,1-4H3,(H,16,18). The first-order chi connectivity index (χ1) is 8.24. The van der Waals surface area contributed by atoms with Crippen molar-refractivity contribution in [2.24, 2.45) is 0 Å². The predicted molar refractivity (Wildman–Crippen MR) is 75.4 cm³/mol. The molecule has 5 nitrogen and oxygen atoms in total. The molecule has 0 unspecified atom stereocenters. The number of nitrogen functional groups attached to an aromatic ring is 2. The first kappa shape index (κ1) is 14.3. The Hall–Kier alpha value is -1.75. The molecule has 0 saturated heterocycles. The van der Waals surface area contributed by atoms with E-state index in [2.05, 4.69) is 24.1 Å². The molecule has 0 atom stereocenters. The summed E-state index contributed by atoms with van der Waals surface area (Å²) in [4.78, 5) is 14.1. The maximum Gasteiger partial charge on any atom is 0.253 e. The predicted octanol–water partition coefficient (Wildman–Crippen LogP) is 0.921. The highest BCUT2D eigenvalue weighted by Crippen LogP contribution is 2.16. The van der Waals surface area contributed by atoms with Crippen molar-refractivity contribution >= 4 is 17.3 Å². The summed E-state index contributed by atoms with van der Waals surface area (Å²) in [6, 6.07) is 4.90. The second kappa shape index (κ2) is 5.27. The van der Waals surface area contributed by atoms with E-state index >= 15 is 0 Å². The fourth-order valence-corrected chi connectivity index (χ4v) is 1.34. The summed E-state index contributed by atoms with van der Waals surface area (Å²) in [6.45, 7) is 4.65. The van der Waals surface area contributed by atoms with Gasteiger partial charge in [-0.2, -0.15) is 0 Å². The minimum Gasteiger partial charge on any atom is -0.399 e. The normalized spacial score (nSPS) is 11.6. The fraction of sp³-hybridized carbons (Fsp3) is 0.462. The molecule has 0 spiro atoms. The van der Waals surface area contributed by atoms with Crippen LogP contribution in [0, 0.1) is 0 Å². The quantitative estimate of drug-likeness (QED) is 0.694. The Kier molecular flexibility index (Phi) is 4.19. The first-order valence-electron chi connectivity index (χ1n) is 5.84. The van der Waals surface area contributed by atoms with Gasteiger partial charge in [-0.25, -0.2) is 0 Å². The molecule has 0 heterocycles. The van der Waals surface area contributed by atoms with Crippen LogP contribution in [0.4, 0.5) is 11.4 Å². The van der Waals surface area contributed by atoms with Crippen molar-refractivity contribution in [2.45, 2.75) is 19.4 Å². The van der Waals surface area contributed by atoms with Crippen molar-refractivity contribution in [3.63, 3.8) is 0 Å². The van der Waals surface area contributed by atoms with Gasteiger partial charge in [0.2, 0.25) is 0 Å². The molecule has 0 aromatic heterocycles. The average molecular weight is 250 g/mol. The molecular weight excluding hydrogens is 228 g/mol. The number of nitrogens with zero attached hydrogens (tertiary/aromatic N) is 1. The number of hydrogen-bond acceptors (Lipinski definition) is 4. The summed E-state index contributed by atoms with van der Waals surface area (Å²) < 4.78 is 0. The van der Waals surface area contributed by atoms with Crippen LogP contribution in [0.25, 0.3) is 0 Å². The van der Waals surface area contributed by atoms with Crippen molar-refractivity contribution < 1.29 is 4.79 Å². The molecule has 1 aromatic carbocycles. The number of amides is 1. The van der Waals surface area contributed by atoms with Gasteiger partial charge in [0.1, 0.15) is 0 Å². The zero-order chi connectivity index (χ0) is 13.9. The third-order valence-electron chi connectivity index (χ3n) is 3.21. The molecule has 100 valence electrons. The highest BCUT2D eigenvalue weighted by Gasteiger charge is 2.21.